The molecule has 7 heteroatoms. The number of aromatic nitrogens is 2. The van der Waals surface area contributed by atoms with Crippen molar-refractivity contribution in [1.82, 2.24) is 19.9 Å². The predicted molar refractivity (Wildman–Crippen MR) is 56.4 cm³/mol. The fraction of sp³-hybridized carbons (Fsp3) is 0.700. The molecule has 1 atom stereocenters. The molecular weight excluding hydrogens is 224 g/mol. The second-order valence-corrected chi connectivity index (χ2v) is 4.47. The number of carbonyl (C=O) groups is 1. The molecule has 0 aliphatic carbocycles. The van der Waals surface area contributed by atoms with Gasteiger partial charge in [0.15, 0.2) is 5.82 Å². The molecule has 0 saturated carbocycles. The van der Waals surface area contributed by atoms with Crippen LogP contribution in [0.15, 0.2) is 4.52 Å². The van der Waals surface area contributed by atoms with Gasteiger partial charge in [0.1, 0.15) is 6.42 Å². The van der Waals surface area contributed by atoms with E-state index in [0.29, 0.717) is 5.82 Å². The maximum absolute atomic E-state index is 10.5. The summed E-state index contributed by atoms with van der Waals surface area (Å²) in [6.45, 7) is 5.14. The first-order chi connectivity index (χ1) is 8.22. The van der Waals surface area contributed by atoms with E-state index < -0.39 is 5.97 Å². The second kappa shape index (κ2) is 4.08. The summed E-state index contributed by atoms with van der Waals surface area (Å²) in [6, 6.07) is 0.156. The molecule has 92 valence electrons. The summed E-state index contributed by atoms with van der Waals surface area (Å²) in [5.74, 6) is -0.148. The molecule has 0 radical (unpaired) electrons. The van der Waals surface area contributed by atoms with Gasteiger partial charge in [-0.1, -0.05) is 5.16 Å². The maximum Gasteiger partial charge on any atom is 0.312 e. The van der Waals surface area contributed by atoms with Crippen LogP contribution in [0.5, 0.6) is 0 Å². The van der Waals surface area contributed by atoms with Crippen LogP contribution in [0, 0.1) is 0 Å². The summed E-state index contributed by atoms with van der Waals surface area (Å²) in [6.07, 6.45) is -0.205. The molecule has 0 amide bonds. The highest BCUT2D eigenvalue weighted by Gasteiger charge is 2.35. The lowest BCUT2D eigenvalue weighted by Crippen LogP contribution is -2.57. The number of carboxylic acids is 1. The average molecular weight is 238 g/mol. The number of piperazine rings is 3. The third-order valence-electron chi connectivity index (χ3n) is 3.36. The van der Waals surface area contributed by atoms with Crippen molar-refractivity contribution in [2.24, 2.45) is 0 Å². The lowest BCUT2D eigenvalue weighted by molar-refractivity contribution is -0.136. The van der Waals surface area contributed by atoms with Crippen molar-refractivity contribution >= 4 is 5.97 Å². The Bertz CT molecular complexity index is 425. The summed E-state index contributed by atoms with van der Waals surface area (Å²) < 4.78 is 4.95. The Morgan fingerprint density at radius 2 is 2.18 bits per heavy atom. The van der Waals surface area contributed by atoms with Crippen LogP contribution in [0.3, 0.4) is 0 Å². The number of fused-ring (bicyclic) bond motifs is 3. The first-order valence-electron chi connectivity index (χ1n) is 5.73. The van der Waals surface area contributed by atoms with Gasteiger partial charge in [0.05, 0.1) is 6.04 Å². The van der Waals surface area contributed by atoms with Crippen molar-refractivity contribution in [3.05, 3.63) is 11.7 Å². The zero-order chi connectivity index (χ0) is 11.8. The van der Waals surface area contributed by atoms with E-state index in [-0.39, 0.29) is 18.4 Å². The highest BCUT2D eigenvalue weighted by atomic mass is 16.5. The van der Waals surface area contributed by atoms with Gasteiger partial charge in [-0.3, -0.25) is 14.6 Å². The van der Waals surface area contributed by atoms with E-state index in [4.69, 9.17) is 9.63 Å². The molecule has 1 aromatic heterocycles. The number of aliphatic carboxylic acids is 1. The van der Waals surface area contributed by atoms with Gasteiger partial charge in [-0.2, -0.15) is 4.98 Å². The minimum absolute atomic E-state index is 0.156. The number of hydrogen-bond acceptors (Lipinski definition) is 6. The number of nitrogens with zero attached hydrogens (tertiary/aromatic N) is 4. The molecule has 2 bridgehead atoms. The van der Waals surface area contributed by atoms with Crippen LogP contribution in [0.4, 0.5) is 0 Å². The minimum atomic E-state index is -0.950. The Morgan fingerprint density at radius 3 is 2.76 bits per heavy atom. The highest BCUT2D eigenvalue weighted by molar-refractivity contribution is 5.68. The first-order valence-corrected chi connectivity index (χ1v) is 5.73. The molecule has 0 spiro atoms. The molecule has 1 unspecified atom stereocenters. The van der Waals surface area contributed by atoms with Crippen LogP contribution in [-0.4, -0.2) is 63.7 Å². The molecule has 3 aliphatic rings. The fourth-order valence-electron chi connectivity index (χ4n) is 2.47. The summed E-state index contributed by atoms with van der Waals surface area (Å²) in [7, 11) is 0. The van der Waals surface area contributed by atoms with Gasteiger partial charge in [-0.25, -0.2) is 0 Å². The second-order valence-electron chi connectivity index (χ2n) is 4.47. The van der Waals surface area contributed by atoms with Gasteiger partial charge in [-0.15, -0.1) is 0 Å². The van der Waals surface area contributed by atoms with Crippen LogP contribution < -0.4 is 0 Å². The summed E-state index contributed by atoms with van der Waals surface area (Å²) in [4.78, 5) is 19.4. The molecule has 3 saturated heterocycles. The Kier molecular flexibility index (Phi) is 2.56. The van der Waals surface area contributed by atoms with Crippen LogP contribution in [0.1, 0.15) is 17.8 Å². The standard InChI is InChI=1S/C10H14N4O3/c15-9(16)5-8-11-10(12-17-8)7-6-13-1-3-14(7)4-2-13/h7H,1-6H2,(H,15,16). The van der Waals surface area contributed by atoms with Gasteiger partial charge in [0.25, 0.3) is 0 Å². The van der Waals surface area contributed by atoms with E-state index >= 15 is 0 Å². The van der Waals surface area contributed by atoms with Crippen LogP contribution in [0.25, 0.3) is 0 Å². The third-order valence-corrected chi connectivity index (χ3v) is 3.36. The van der Waals surface area contributed by atoms with Gasteiger partial charge in [0, 0.05) is 32.7 Å². The normalized spacial score (nSPS) is 31.6. The molecular formula is C10H14N4O3. The quantitative estimate of drug-likeness (QED) is 0.750. The predicted octanol–water partition coefficient (Wildman–Crippen LogP) is -0.631. The molecule has 4 rings (SSSR count). The topological polar surface area (TPSA) is 82.7 Å². The lowest BCUT2D eigenvalue weighted by Gasteiger charge is -2.46. The molecule has 7 nitrogen and oxygen atoms in total. The van der Waals surface area contributed by atoms with Crippen LogP contribution in [-0.2, 0) is 11.2 Å². The van der Waals surface area contributed by atoms with E-state index in [0.717, 1.165) is 32.7 Å². The zero-order valence-corrected chi connectivity index (χ0v) is 9.37. The molecule has 17 heavy (non-hydrogen) atoms. The Balaban J connectivity index is 1.75. The van der Waals surface area contributed by atoms with Crippen LogP contribution in [0.2, 0.25) is 0 Å². The molecule has 3 fully saturated rings. The van der Waals surface area contributed by atoms with E-state index in [1.807, 2.05) is 0 Å². The highest BCUT2D eigenvalue weighted by Crippen LogP contribution is 2.26. The van der Waals surface area contributed by atoms with E-state index in [2.05, 4.69) is 19.9 Å². The number of rotatable bonds is 3. The number of carboxylic acid groups (broad SMARTS) is 1. The molecule has 4 heterocycles. The smallest absolute Gasteiger partial charge is 0.312 e. The first kappa shape index (κ1) is 10.7. The van der Waals surface area contributed by atoms with E-state index in [1.54, 1.807) is 0 Å². The molecule has 0 aromatic carbocycles. The summed E-state index contributed by atoms with van der Waals surface area (Å²) >= 11 is 0. The third kappa shape index (κ3) is 2.03. The van der Waals surface area contributed by atoms with Gasteiger partial charge in [0.2, 0.25) is 5.89 Å². The van der Waals surface area contributed by atoms with Crippen molar-refractivity contribution in [3.8, 4) is 0 Å². The summed E-state index contributed by atoms with van der Waals surface area (Å²) in [5.41, 5.74) is 0. The van der Waals surface area contributed by atoms with Crippen LogP contribution >= 0.6 is 0 Å². The van der Waals surface area contributed by atoms with Crippen molar-refractivity contribution in [2.45, 2.75) is 12.5 Å². The number of hydrogen-bond donors (Lipinski definition) is 1. The Labute approximate surface area is 98.0 Å². The largest absolute Gasteiger partial charge is 0.481 e. The van der Waals surface area contributed by atoms with Gasteiger partial charge >= 0.3 is 5.97 Å². The van der Waals surface area contributed by atoms with E-state index in [1.165, 1.54) is 0 Å². The van der Waals surface area contributed by atoms with Crippen molar-refractivity contribution in [2.75, 3.05) is 32.7 Å². The van der Waals surface area contributed by atoms with E-state index in [9.17, 15) is 4.79 Å². The van der Waals surface area contributed by atoms with Gasteiger partial charge < -0.3 is 9.63 Å². The van der Waals surface area contributed by atoms with Crippen molar-refractivity contribution in [3.63, 3.8) is 0 Å². The molecule has 1 N–H and O–H groups in total. The SMILES string of the molecule is O=C(O)Cc1nc(C2CN3CCN2CC3)no1. The Morgan fingerprint density at radius 1 is 1.41 bits per heavy atom. The van der Waals surface area contributed by atoms with Gasteiger partial charge in [-0.05, 0) is 0 Å². The van der Waals surface area contributed by atoms with Crippen molar-refractivity contribution in [1.29, 1.82) is 0 Å². The van der Waals surface area contributed by atoms with Crippen molar-refractivity contribution < 1.29 is 14.4 Å². The maximum atomic E-state index is 10.5. The molecule has 3 aliphatic heterocycles. The molecule has 1 aromatic rings. The zero-order valence-electron chi connectivity index (χ0n) is 9.37. The summed E-state index contributed by atoms with van der Waals surface area (Å²) in [5, 5.41) is 12.5. The lowest BCUT2D eigenvalue weighted by atomic mass is 10.1. The minimum Gasteiger partial charge on any atom is -0.481 e. The average Bonchev–Trinajstić information content (AvgIpc) is 2.78. The Hall–Kier alpha value is -1.47. The fourth-order valence-corrected chi connectivity index (χ4v) is 2.47. The monoisotopic (exact) mass is 238 g/mol.